The number of halogens is 5. The Morgan fingerprint density at radius 1 is 1.00 bits per heavy atom. The van der Waals surface area contributed by atoms with Gasteiger partial charge in [-0.15, -0.1) is 0 Å². The molecule has 2 aromatic carbocycles. The number of carbonyl (C=O) groups excluding carboxylic acids is 1. The van der Waals surface area contributed by atoms with Gasteiger partial charge < -0.3 is 14.6 Å². The van der Waals surface area contributed by atoms with Gasteiger partial charge in [-0.1, -0.05) is 29.3 Å². The predicted molar refractivity (Wildman–Crippen MR) is 116 cm³/mol. The first-order chi connectivity index (χ1) is 15.7. The molecule has 0 saturated heterocycles. The molecule has 1 aromatic heterocycles. The Morgan fingerprint density at radius 3 is 2.32 bits per heavy atom. The molecule has 1 aliphatic rings. The van der Waals surface area contributed by atoms with Crippen LogP contribution in [0.25, 0.3) is 11.1 Å². The molecule has 0 N–H and O–H groups in total. The molecule has 170 valence electrons. The van der Waals surface area contributed by atoms with E-state index in [1.165, 1.54) is 12.1 Å². The second-order valence-electron chi connectivity index (χ2n) is 7.41. The van der Waals surface area contributed by atoms with Gasteiger partial charge in [0, 0.05) is 23.8 Å². The minimum atomic E-state index is -1.39. The summed E-state index contributed by atoms with van der Waals surface area (Å²) in [4.78, 5) is 15.4. The molecule has 1 aliphatic carbocycles. The number of benzene rings is 2. The van der Waals surface area contributed by atoms with Gasteiger partial charge in [0.05, 0.1) is 33.0 Å². The monoisotopic (exact) mass is 515 g/mol. The minimum Gasteiger partial charge on any atom is -0.543 e. The molecule has 0 atom stereocenters. The molecule has 4 rings (SSSR count). The molecule has 3 aromatic rings. The number of rotatable bonds is 6. The maximum atomic E-state index is 14.1. The Morgan fingerprint density at radius 2 is 1.65 bits per heavy atom. The second-order valence-corrected chi connectivity index (χ2v) is 8.22. The number of carbonyl (C=O) groups is 1. The molecule has 10 heteroatoms. The van der Waals surface area contributed by atoms with Gasteiger partial charge in [0.1, 0.15) is 29.8 Å². The van der Waals surface area contributed by atoms with E-state index in [2.05, 4.69) is 4.98 Å². The molecular formula is C24H15Cl2F3NNaO3. The summed E-state index contributed by atoms with van der Waals surface area (Å²) in [5.41, 5.74) is 1.97. The van der Waals surface area contributed by atoms with Crippen LogP contribution in [0.4, 0.5) is 13.2 Å². The van der Waals surface area contributed by atoms with E-state index in [1.807, 2.05) is 0 Å². The van der Waals surface area contributed by atoms with Crippen LogP contribution in [0.2, 0.25) is 10.0 Å². The molecule has 0 unspecified atom stereocenters. The Labute approximate surface area is 225 Å². The van der Waals surface area contributed by atoms with Crippen molar-refractivity contribution in [1.82, 2.24) is 4.98 Å². The summed E-state index contributed by atoms with van der Waals surface area (Å²) in [6.07, 6.45) is 2.00. The van der Waals surface area contributed by atoms with E-state index in [0.29, 0.717) is 36.2 Å². The van der Waals surface area contributed by atoms with E-state index in [-0.39, 0.29) is 51.0 Å². The second kappa shape index (κ2) is 11.1. The van der Waals surface area contributed by atoms with E-state index in [0.717, 1.165) is 17.6 Å². The van der Waals surface area contributed by atoms with Gasteiger partial charge in [0.25, 0.3) is 0 Å². The molecule has 34 heavy (non-hydrogen) atoms. The number of nitrogens with zero attached hydrogens (tertiary/aromatic N) is 1. The van der Waals surface area contributed by atoms with Gasteiger partial charge in [0.2, 0.25) is 0 Å². The Hall–Kier alpha value is -2.03. The summed E-state index contributed by atoms with van der Waals surface area (Å²) < 4.78 is 47.1. The number of aromatic nitrogens is 1. The molecule has 0 radical (unpaired) electrons. The van der Waals surface area contributed by atoms with E-state index >= 15 is 0 Å². The Bertz CT molecular complexity index is 1280. The Kier molecular flexibility index (Phi) is 8.71. The summed E-state index contributed by atoms with van der Waals surface area (Å²) in [7, 11) is 0. The van der Waals surface area contributed by atoms with Crippen molar-refractivity contribution in [2.45, 2.75) is 25.9 Å². The third-order valence-electron chi connectivity index (χ3n) is 5.31. The van der Waals surface area contributed by atoms with Gasteiger partial charge in [0.15, 0.2) is 0 Å². The maximum Gasteiger partial charge on any atom is 1.00 e. The van der Waals surface area contributed by atoms with Crippen LogP contribution >= 0.6 is 23.2 Å². The van der Waals surface area contributed by atoms with Gasteiger partial charge in [-0.2, -0.15) is 0 Å². The summed E-state index contributed by atoms with van der Waals surface area (Å²) in [5, 5.41) is 11.6. The number of aromatic carboxylic acids is 1. The van der Waals surface area contributed by atoms with Crippen molar-refractivity contribution in [3.05, 3.63) is 92.5 Å². The van der Waals surface area contributed by atoms with Gasteiger partial charge in [-0.25, -0.2) is 18.2 Å². The van der Waals surface area contributed by atoms with Crippen molar-refractivity contribution in [3.63, 3.8) is 0 Å². The maximum absolute atomic E-state index is 14.1. The smallest absolute Gasteiger partial charge is 0.543 e. The summed E-state index contributed by atoms with van der Waals surface area (Å²) in [5.74, 6) is -4.34. The van der Waals surface area contributed by atoms with Crippen molar-refractivity contribution in [1.29, 1.82) is 0 Å². The van der Waals surface area contributed by atoms with Gasteiger partial charge >= 0.3 is 29.6 Å². The molecule has 4 nitrogen and oxygen atoms in total. The summed E-state index contributed by atoms with van der Waals surface area (Å²) in [6.45, 7) is -0.510. The molecule has 0 spiro atoms. The van der Waals surface area contributed by atoms with Crippen LogP contribution in [0.15, 0.2) is 42.5 Å². The van der Waals surface area contributed by atoms with Crippen molar-refractivity contribution in [2.24, 2.45) is 0 Å². The fraction of sp³-hybridized carbons (Fsp3) is 0.167. The normalized spacial score (nSPS) is 13.1. The number of hydrogen-bond acceptors (Lipinski definition) is 4. The SMILES string of the molecule is O=C([O-])c1cccc(C2=C(c3cc(Cl)c(Cl)cc3OCc3c(F)cc(F)cc3F)CCC2)n1.[Na+]. The van der Waals surface area contributed by atoms with Crippen LogP contribution in [0.5, 0.6) is 5.75 Å². The molecule has 0 saturated carbocycles. The predicted octanol–water partition coefficient (Wildman–Crippen LogP) is 2.85. The largest absolute Gasteiger partial charge is 1.00 e. The summed E-state index contributed by atoms with van der Waals surface area (Å²) in [6, 6.07) is 8.77. The van der Waals surface area contributed by atoms with Gasteiger partial charge in [-0.05, 0) is 48.6 Å². The molecule has 0 amide bonds. The fourth-order valence-corrected chi connectivity index (χ4v) is 4.10. The zero-order valence-electron chi connectivity index (χ0n) is 17.9. The van der Waals surface area contributed by atoms with Crippen molar-refractivity contribution in [3.8, 4) is 5.75 Å². The zero-order chi connectivity index (χ0) is 23.7. The third kappa shape index (κ3) is 5.61. The first kappa shape index (κ1) is 26.6. The number of ether oxygens (including phenoxy) is 1. The van der Waals surface area contributed by atoms with Crippen LogP contribution in [-0.4, -0.2) is 11.0 Å². The zero-order valence-corrected chi connectivity index (χ0v) is 21.4. The van der Waals surface area contributed by atoms with Crippen LogP contribution < -0.4 is 39.4 Å². The van der Waals surface area contributed by atoms with Crippen LogP contribution in [0, 0.1) is 17.5 Å². The molecule has 0 aliphatic heterocycles. The number of carboxylic acid groups (broad SMARTS) is 1. The number of pyridine rings is 1. The average Bonchev–Trinajstić information content (AvgIpc) is 3.25. The van der Waals surface area contributed by atoms with E-state index in [4.69, 9.17) is 27.9 Å². The molecule has 0 fully saturated rings. The van der Waals surface area contributed by atoms with Crippen LogP contribution in [0.3, 0.4) is 0 Å². The fourth-order valence-electron chi connectivity index (χ4n) is 3.78. The topological polar surface area (TPSA) is 62.2 Å². The number of hydrogen-bond donors (Lipinski definition) is 0. The average molecular weight is 516 g/mol. The van der Waals surface area contributed by atoms with E-state index in [1.54, 1.807) is 18.2 Å². The quantitative estimate of drug-likeness (QED) is 0.473. The number of allylic oxidation sites excluding steroid dienone is 2. The summed E-state index contributed by atoms with van der Waals surface area (Å²) >= 11 is 12.4. The Balaban J connectivity index is 0.00000324. The first-order valence-corrected chi connectivity index (χ1v) is 10.7. The number of carboxylic acids is 1. The molecule has 0 bridgehead atoms. The van der Waals surface area contributed by atoms with Crippen molar-refractivity contribution < 1.29 is 57.4 Å². The van der Waals surface area contributed by atoms with Gasteiger partial charge in [-0.3, -0.25) is 0 Å². The molecular weight excluding hydrogens is 501 g/mol. The van der Waals surface area contributed by atoms with E-state index < -0.39 is 35.6 Å². The van der Waals surface area contributed by atoms with Crippen molar-refractivity contribution in [2.75, 3.05) is 0 Å². The van der Waals surface area contributed by atoms with Crippen molar-refractivity contribution >= 4 is 40.3 Å². The van der Waals surface area contributed by atoms with Crippen LogP contribution in [0.1, 0.15) is 46.6 Å². The standard InChI is InChI=1S/C24H16Cl2F3NO3.Na/c25-17-9-15(13-3-1-4-14(13)21-5-2-6-22(30-21)24(31)32)23(10-18(17)26)33-11-16-19(28)7-12(27)8-20(16)29;/h2,5-10H,1,3-4,11H2,(H,31,32);/q;+1/p-1. The minimum absolute atomic E-state index is 0. The first-order valence-electron chi connectivity index (χ1n) is 9.91. The third-order valence-corrected chi connectivity index (χ3v) is 6.03. The van der Waals surface area contributed by atoms with Crippen LogP contribution in [-0.2, 0) is 6.61 Å². The molecule has 1 heterocycles. The van der Waals surface area contributed by atoms with E-state index in [9.17, 15) is 23.1 Å².